The number of rotatable bonds is 7. The van der Waals surface area contributed by atoms with E-state index in [9.17, 15) is 0 Å². The minimum atomic E-state index is 0.216. The largest absolute Gasteiger partial charge is 0.237 e. The van der Waals surface area contributed by atoms with Crippen molar-refractivity contribution in [2.75, 3.05) is 13.2 Å². The van der Waals surface area contributed by atoms with Gasteiger partial charge in [-0.15, -0.1) is 0 Å². The van der Waals surface area contributed by atoms with Crippen LogP contribution in [0.5, 0.6) is 0 Å². The van der Waals surface area contributed by atoms with Gasteiger partial charge in [0.25, 0.3) is 0 Å². The fourth-order valence-corrected chi connectivity index (χ4v) is 2.44. The van der Waals surface area contributed by atoms with Gasteiger partial charge in [0.05, 0.1) is 13.2 Å². The maximum absolute atomic E-state index is 5.32. The molecule has 0 spiro atoms. The molecule has 0 atom stereocenters. The summed E-state index contributed by atoms with van der Waals surface area (Å²) in [5.74, 6) is 0. The number of unbranched alkanes of at least 4 members (excludes halogenated alkanes) is 1. The third-order valence-corrected chi connectivity index (χ3v) is 4.66. The third-order valence-electron chi connectivity index (χ3n) is 4.66. The summed E-state index contributed by atoms with van der Waals surface area (Å²) in [5.41, 5.74) is 0.712. The summed E-state index contributed by atoms with van der Waals surface area (Å²) in [7, 11) is 0. The van der Waals surface area contributed by atoms with E-state index in [4.69, 9.17) is 9.78 Å². The minimum Gasteiger partial charge on any atom is -0.237 e. The lowest BCUT2D eigenvalue weighted by atomic mass is 9.54. The molecular weight excluding hydrogens is 224 g/mol. The average molecular weight is 258 g/mol. The fourth-order valence-electron chi connectivity index (χ4n) is 2.44. The van der Waals surface area contributed by atoms with Crippen LogP contribution in [0.15, 0.2) is 0 Å². The molecular formula is C16H34O2. The lowest BCUT2D eigenvalue weighted by Gasteiger charge is -2.51. The molecule has 0 amide bonds. The first-order chi connectivity index (χ1) is 8.06. The number of hydrogen-bond acceptors (Lipinski definition) is 2. The van der Waals surface area contributed by atoms with Crippen LogP contribution in [0.25, 0.3) is 0 Å². The van der Waals surface area contributed by atoms with Gasteiger partial charge >= 0.3 is 0 Å². The monoisotopic (exact) mass is 258 g/mol. The Labute approximate surface area is 114 Å². The normalized spacial score (nSPS) is 14.0. The van der Waals surface area contributed by atoms with E-state index < -0.39 is 0 Å². The molecule has 0 unspecified atom stereocenters. The summed E-state index contributed by atoms with van der Waals surface area (Å²) >= 11 is 0. The Morgan fingerprint density at radius 1 is 0.722 bits per heavy atom. The van der Waals surface area contributed by atoms with Crippen molar-refractivity contribution in [2.24, 2.45) is 16.2 Å². The Morgan fingerprint density at radius 2 is 1.17 bits per heavy atom. The van der Waals surface area contributed by atoms with Crippen molar-refractivity contribution in [2.45, 2.75) is 74.7 Å². The van der Waals surface area contributed by atoms with E-state index >= 15 is 0 Å². The molecule has 0 fully saturated rings. The van der Waals surface area contributed by atoms with E-state index in [-0.39, 0.29) is 16.2 Å². The summed E-state index contributed by atoms with van der Waals surface area (Å²) in [6, 6.07) is 0. The highest BCUT2D eigenvalue weighted by atomic mass is 17.2. The molecule has 0 saturated heterocycles. The van der Waals surface area contributed by atoms with Gasteiger partial charge in [0, 0.05) is 0 Å². The molecule has 2 nitrogen and oxygen atoms in total. The smallest absolute Gasteiger partial charge is 0.0827 e. The SMILES string of the molecule is CCCCOOCCC(C)(C(C)(C)C)C(C)(C)C. The Bertz CT molecular complexity index is 206. The molecule has 0 aromatic heterocycles. The molecule has 0 rings (SSSR count). The van der Waals surface area contributed by atoms with Crippen molar-refractivity contribution < 1.29 is 9.78 Å². The van der Waals surface area contributed by atoms with Gasteiger partial charge < -0.3 is 0 Å². The van der Waals surface area contributed by atoms with Crippen molar-refractivity contribution in [3.63, 3.8) is 0 Å². The van der Waals surface area contributed by atoms with Gasteiger partial charge in [-0.2, -0.15) is 0 Å². The lowest BCUT2D eigenvalue weighted by Crippen LogP contribution is -2.44. The third kappa shape index (κ3) is 4.89. The van der Waals surface area contributed by atoms with Gasteiger partial charge in [-0.25, -0.2) is 9.78 Å². The Balaban J connectivity index is 4.30. The van der Waals surface area contributed by atoms with Crippen molar-refractivity contribution in [1.82, 2.24) is 0 Å². The zero-order valence-electron chi connectivity index (χ0n) is 13.9. The molecule has 0 saturated carbocycles. The van der Waals surface area contributed by atoms with E-state index in [1.807, 2.05) is 0 Å². The Hall–Kier alpha value is -0.0800. The molecule has 0 aliphatic rings. The summed E-state index contributed by atoms with van der Waals surface area (Å²) in [6.45, 7) is 19.8. The second-order valence-electron chi connectivity index (χ2n) is 7.58. The standard InChI is InChI=1S/C16H34O2/c1-9-10-12-17-18-13-11-16(8,14(2,3)4)15(5,6)7/h9-13H2,1-8H3. The molecule has 0 aliphatic carbocycles. The highest BCUT2D eigenvalue weighted by Crippen LogP contribution is 2.53. The summed E-state index contributed by atoms with van der Waals surface area (Å²) in [6.07, 6.45) is 3.23. The van der Waals surface area contributed by atoms with Gasteiger partial charge in [0.1, 0.15) is 0 Å². The van der Waals surface area contributed by atoms with E-state index in [1.54, 1.807) is 0 Å². The van der Waals surface area contributed by atoms with Crippen molar-refractivity contribution in [3.8, 4) is 0 Å². The predicted molar refractivity (Wildman–Crippen MR) is 78.4 cm³/mol. The van der Waals surface area contributed by atoms with Crippen LogP contribution in [-0.4, -0.2) is 13.2 Å². The van der Waals surface area contributed by atoms with Gasteiger partial charge in [-0.05, 0) is 29.1 Å². The van der Waals surface area contributed by atoms with Crippen LogP contribution in [0.2, 0.25) is 0 Å². The maximum atomic E-state index is 5.32. The van der Waals surface area contributed by atoms with Gasteiger partial charge in [-0.3, -0.25) is 0 Å². The first-order valence-electron chi connectivity index (χ1n) is 7.30. The highest BCUT2D eigenvalue weighted by Gasteiger charge is 2.46. The average Bonchev–Trinajstić information content (AvgIpc) is 2.19. The Kier molecular flexibility index (Phi) is 6.87. The second kappa shape index (κ2) is 6.91. The summed E-state index contributed by atoms with van der Waals surface area (Å²) < 4.78 is 0. The molecule has 0 aromatic rings. The van der Waals surface area contributed by atoms with Crippen LogP contribution in [0.1, 0.15) is 74.7 Å². The highest BCUT2D eigenvalue weighted by molar-refractivity contribution is 4.94. The van der Waals surface area contributed by atoms with Crippen LogP contribution in [-0.2, 0) is 9.78 Å². The van der Waals surface area contributed by atoms with Crippen molar-refractivity contribution in [3.05, 3.63) is 0 Å². The van der Waals surface area contributed by atoms with E-state index in [0.717, 1.165) is 19.3 Å². The van der Waals surface area contributed by atoms with Gasteiger partial charge in [-0.1, -0.05) is 61.8 Å². The van der Waals surface area contributed by atoms with Gasteiger partial charge in [0.2, 0.25) is 0 Å². The minimum absolute atomic E-state index is 0.216. The van der Waals surface area contributed by atoms with E-state index in [0.29, 0.717) is 13.2 Å². The molecule has 0 bridgehead atoms. The molecule has 110 valence electrons. The first-order valence-corrected chi connectivity index (χ1v) is 7.30. The summed E-state index contributed by atoms with van der Waals surface area (Å²) in [5, 5.41) is 0. The molecule has 18 heavy (non-hydrogen) atoms. The van der Waals surface area contributed by atoms with Crippen LogP contribution >= 0.6 is 0 Å². The quantitative estimate of drug-likeness (QED) is 0.354. The predicted octanol–water partition coefficient (Wildman–Crippen LogP) is 5.22. The molecule has 0 aromatic carbocycles. The van der Waals surface area contributed by atoms with Crippen LogP contribution < -0.4 is 0 Å². The van der Waals surface area contributed by atoms with Crippen LogP contribution in [0, 0.1) is 16.2 Å². The summed E-state index contributed by atoms with van der Waals surface area (Å²) in [4.78, 5) is 10.5. The first kappa shape index (κ1) is 17.9. The van der Waals surface area contributed by atoms with Crippen LogP contribution in [0.4, 0.5) is 0 Å². The maximum Gasteiger partial charge on any atom is 0.0827 e. The second-order valence-corrected chi connectivity index (χ2v) is 7.58. The molecule has 0 radical (unpaired) electrons. The van der Waals surface area contributed by atoms with Crippen molar-refractivity contribution in [1.29, 1.82) is 0 Å². The molecule has 0 heterocycles. The molecule has 2 heteroatoms. The van der Waals surface area contributed by atoms with E-state index in [2.05, 4.69) is 55.4 Å². The lowest BCUT2D eigenvalue weighted by molar-refractivity contribution is -0.301. The number of hydrogen-bond donors (Lipinski definition) is 0. The van der Waals surface area contributed by atoms with Crippen LogP contribution in [0.3, 0.4) is 0 Å². The molecule has 0 aliphatic heterocycles. The molecule has 0 N–H and O–H groups in total. The van der Waals surface area contributed by atoms with E-state index in [1.165, 1.54) is 0 Å². The Morgan fingerprint density at radius 3 is 1.56 bits per heavy atom. The topological polar surface area (TPSA) is 18.5 Å². The zero-order chi connectivity index (χ0) is 14.4. The van der Waals surface area contributed by atoms with Crippen molar-refractivity contribution >= 4 is 0 Å². The zero-order valence-corrected chi connectivity index (χ0v) is 13.9. The van der Waals surface area contributed by atoms with Gasteiger partial charge in [0.15, 0.2) is 0 Å². The fraction of sp³-hybridized carbons (Fsp3) is 1.00.